The van der Waals surface area contributed by atoms with Gasteiger partial charge in [-0.1, -0.05) is 24.3 Å². The standard InChI is InChI=1S/C28H25N5O4/c1-18-26(19(2)33(31-18)22-9-5-4-6-10-22)27(34)28(35)30-20-12-13-23(36-3)24(15-20)37-17-21-16-32-14-8-7-11-25(32)29-21/h4-16H,17H2,1-3H3,(H,30,35). The zero-order chi connectivity index (χ0) is 25.9. The summed E-state index contributed by atoms with van der Waals surface area (Å²) in [5.74, 6) is -0.534. The Morgan fingerprint density at radius 1 is 0.973 bits per heavy atom. The van der Waals surface area contributed by atoms with Gasteiger partial charge in [0, 0.05) is 24.1 Å². The van der Waals surface area contributed by atoms with Crippen molar-refractivity contribution in [2.75, 3.05) is 12.4 Å². The number of carbonyl (C=O) groups excluding carboxylic acids is 2. The van der Waals surface area contributed by atoms with Crippen LogP contribution in [0.25, 0.3) is 11.3 Å². The van der Waals surface area contributed by atoms with Crippen LogP contribution in [-0.4, -0.2) is 38.0 Å². The first kappa shape index (κ1) is 23.8. The van der Waals surface area contributed by atoms with E-state index in [1.165, 1.54) is 7.11 Å². The van der Waals surface area contributed by atoms with E-state index in [1.54, 1.807) is 36.7 Å². The zero-order valence-corrected chi connectivity index (χ0v) is 20.6. The predicted molar refractivity (Wildman–Crippen MR) is 139 cm³/mol. The fourth-order valence-electron chi connectivity index (χ4n) is 4.17. The quantitative estimate of drug-likeness (QED) is 0.251. The lowest BCUT2D eigenvalue weighted by Crippen LogP contribution is -2.24. The van der Waals surface area contributed by atoms with Crippen molar-refractivity contribution in [1.82, 2.24) is 19.2 Å². The number of aromatic nitrogens is 4. The van der Waals surface area contributed by atoms with E-state index in [1.807, 2.05) is 65.3 Å². The summed E-state index contributed by atoms with van der Waals surface area (Å²) in [5, 5.41) is 7.14. The summed E-state index contributed by atoms with van der Waals surface area (Å²) in [5.41, 5.74) is 4.11. The lowest BCUT2D eigenvalue weighted by atomic mass is 10.1. The Labute approximate surface area is 213 Å². The molecular weight excluding hydrogens is 470 g/mol. The molecule has 186 valence electrons. The number of Topliss-reactive ketones (excluding diaryl/α,β-unsaturated/α-hetero) is 1. The van der Waals surface area contributed by atoms with Crippen LogP contribution in [0.3, 0.4) is 0 Å². The summed E-state index contributed by atoms with van der Waals surface area (Å²) in [6.45, 7) is 3.68. The van der Waals surface area contributed by atoms with Crippen LogP contribution in [0.15, 0.2) is 79.1 Å². The highest BCUT2D eigenvalue weighted by Gasteiger charge is 2.25. The molecule has 0 bridgehead atoms. The van der Waals surface area contributed by atoms with Gasteiger partial charge in [0.1, 0.15) is 12.3 Å². The lowest BCUT2D eigenvalue weighted by Gasteiger charge is -2.12. The monoisotopic (exact) mass is 495 g/mol. The van der Waals surface area contributed by atoms with Crippen LogP contribution in [0.5, 0.6) is 11.5 Å². The first-order valence-corrected chi connectivity index (χ1v) is 11.7. The van der Waals surface area contributed by atoms with Gasteiger partial charge in [-0.2, -0.15) is 5.10 Å². The molecule has 0 aliphatic rings. The van der Waals surface area contributed by atoms with Crippen LogP contribution in [0, 0.1) is 13.8 Å². The summed E-state index contributed by atoms with van der Waals surface area (Å²) in [6, 6.07) is 20.1. The van der Waals surface area contributed by atoms with E-state index in [9.17, 15) is 9.59 Å². The summed E-state index contributed by atoms with van der Waals surface area (Å²) >= 11 is 0. The highest BCUT2D eigenvalue weighted by Crippen LogP contribution is 2.31. The molecular formula is C28H25N5O4. The molecule has 0 spiro atoms. The fourth-order valence-corrected chi connectivity index (χ4v) is 4.17. The van der Waals surface area contributed by atoms with E-state index in [4.69, 9.17) is 9.47 Å². The number of methoxy groups -OCH3 is 1. The molecule has 0 unspecified atom stereocenters. The summed E-state index contributed by atoms with van der Waals surface area (Å²) < 4.78 is 14.9. The first-order valence-electron chi connectivity index (χ1n) is 11.7. The van der Waals surface area contributed by atoms with E-state index in [-0.39, 0.29) is 12.2 Å². The van der Waals surface area contributed by atoms with Gasteiger partial charge in [-0.3, -0.25) is 9.59 Å². The molecule has 0 aliphatic carbocycles. The van der Waals surface area contributed by atoms with Gasteiger partial charge in [-0.25, -0.2) is 9.67 Å². The number of ketones is 1. The fraction of sp³-hybridized carbons (Fsp3) is 0.143. The summed E-state index contributed by atoms with van der Waals surface area (Å²) in [4.78, 5) is 30.6. The lowest BCUT2D eigenvalue weighted by molar-refractivity contribution is -0.112. The Hall–Kier alpha value is -4.92. The maximum absolute atomic E-state index is 13.1. The minimum Gasteiger partial charge on any atom is -0.493 e. The third-order valence-corrected chi connectivity index (χ3v) is 5.94. The molecule has 3 heterocycles. The van der Waals surface area contributed by atoms with Crippen LogP contribution in [0.1, 0.15) is 27.4 Å². The van der Waals surface area contributed by atoms with Gasteiger partial charge in [0.15, 0.2) is 11.5 Å². The molecule has 0 saturated heterocycles. The number of hydrogen-bond donors (Lipinski definition) is 1. The molecule has 0 aliphatic heterocycles. The summed E-state index contributed by atoms with van der Waals surface area (Å²) in [7, 11) is 1.53. The third kappa shape index (κ3) is 4.79. The van der Waals surface area contributed by atoms with Crippen molar-refractivity contribution in [2.24, 2.45) is 0 Å². The van der Waals surface area contributed by atoms with Crippen LogP contribution < -0.4 is 14.8 Å². The topological polar surface area (TPSA) is 99.8 Å². The van der Waals surface area contributed by atoms with E-state index < -0.39 is 11.7 Å². The number of rotatable bonds is 8. The smallest absolute Gasteiger partial charge is 0.296 e. The largest absolute Gasteiger partial charge is 0.493 e. The van der Waals surface area contributed by atoms with E-state index in [2.05, 4.69) is 15.4 Å². The Morgan fingerprint density at radius 3 is 2.51 bits per heavy atom. The molecule has 3 aromatic heterocycles. The van der Waals surface area contributed by atoms with Gasteiger partial charge >= 0.3 is 0 Å². The number of benzene rings is 2. The normalized spacial score (nSPS) is 10.9. The maximum atomic E-state index is 13.1. The van der Waals surface area contributed by atoms with Crippen molar-refractivity contribution in [1.29, 1.82) is 0 Å². The van der Waals surface area contributed by atoms with Crippen molar-refractivity contribution in [3.8, 4) is 17.2 Å². The number of hydrogen-bond acceptors (Lipinski definition) is 6. The Bertz CT molecular complexity index is 1570. The maximum Gasteiger partial charge on any atom is 0.296 e. The molecule has 1 amide bonds. The number of para-hydroxylation sites is 1. The Morgan fingerprint density at radius 2 is 1.76 bits per heavy atom. The zero-order valence-electron chi connectivity index (χ0n) is 20.6. The number of imidazole rings is 1. The van der Waals surface area contributed by atoms with Gasteiger partial charge in [0.2, 0.25) is 0 Å². The molecule has 0 fully saturated rings. The van der Waals surface area contributed by atoms with Gasteiger partial charge < -0.3 is 19.2 Å². The second kappa shape index (κ2) is 9.98. The molecule has 37 heavy (non-hydrogen) atoms. The van der Waals surface area contributed by atoms with Gasteiger partial charge in [-0.05, 0) is 50.2 Å². The molecule has 9 heteroatoms. The number of nitrogens with zero attached hydrogens (tertiary/aromatic N) is 4. The highest BCUT2D eigenvalue weighted by atomic mass is 16.5. The number of aryl methyl sites for hydroxylation is 1. The Balaban J connectivity index is 1.33. The van der Waals surface area contributed by atoms with E-state index in [0.717, 1.165) is 17.0 Å². The predicted octanol–water partition coefficient (Wildman–Crippen LogP) is 4.55. The van der Waals surface area contributed by atoms with Crippen molar-refractivity contribution in [2.45, 2.75) is 20.5 Å². The van der Waals surface area contributed by atoms with E-state index >= 15 is 0 Å². The SMILES string of the molecule is COc1ccc(NC(=O)C(=O)c2c(C)nn(-c3ccccc3)c2C)cc1OCc1cn2ccccc2n1. The van der Waals surface area contributed by atoms with Crippen LogP contribution in [0.2, 0.25) is 0 Å². The molecule has 5 rings (SSSR count). The summed E-state index contributed by atoms with van der Waals surface area (Å²) in [6.07, 6.45) is 3.79. The second-order valence-corrected chi connectivity index (χ2v) is 8.43. The minimum atomic E-state index is -0.768. The molecule has 2 aromatic carbocycles. The van der Waals surface area contributed by atoms with E-state index in [0.29, 0.717) is 28.6 Å². The number of pyridine rings is 1. The van der Waals surface area contributed by atoms with Gasteiger partial charge in [-0.15, -0.1) is 0 Å². The number of ether oxygens (including phenoxy) is 2. The molecule has 0 saturated carbocycles. The molecule has 9 nitrogen and oxygen atoms in total. The van der Waals surface area contributed by atoms with Crippen molar-refractivity contribution >= 4 is 23.0 Å². The molecule has 5 aromatic rings. The third-order valence-electron chi connectivity index (χ3n) is 5.94. The number of nitrogens with one attached hydrogen (secondary N) is 1. The van der Waals surface area contributed by atoms with Crippen molar-refractivity contribution < 1.29 is 19.1 Å². The van der Waals surface area contributed by atoms with Gasteiger partial charge in [0.25, 0.3) is 11.7 Å². The second-order valence-electron chi connectivity index (χ2n) is 8.43. The number of anilines is 1. The van der Waals surface area contributed by atoms with Crippen LogP contribution in [-0.2, 0) is 11.4 Å². The molecule has 0 atom stereocenters. The molecule has 0 radical (unpaired) electrons. The van der Waals surface area contributed by atoms with Crippen molar-refractivity contribution in [3.63, 3.8) is 0 Å². The van der Waals surface area contributed by atoms with Crippen LogP contribution in [0.4, 0.5) is 5.69 Å². The van der Waals surface area contributed by atoms with Gasteiger partial charge in [0.05, 0.1) is 35.4 Å². The number of carbonyl (C=O) groups is 2. The minimum absolute atomic E-state index is 0.200. The molecule has 1 N–H and O–H groups in total. The number of fused-ring (bicyclic) bond motifs is 1. The number of amides is 1. The average molecular weight is 496 g/mol. The Kier molecular flexibility index (Phi) is 6.42. The van der Waals surface area contributed by atoms with Crippen molar-refractivity contribution in [3.05, 3.63) is 102 Å². The van der Waals surface area contributed by atoms with Crippen LogP contribution >= 0.6 is 0 Å². The average Bonchev–Trinajstić information content (AvgIpc) is 3.47. The first-order chi connectivity index (χ1) is 17.9. The highest BCUT2D eigenvalue weighted by molar-refractivity contribution is 6.47.